The summed E-state index contributed by atoms with van der Waals surface area (Å²) in [5, 5.41) is 0. The van der Waals surface area contributed by atoms with Gasteiger partial charge in [-0.1, -0.05) is 0 Å². The van der Waals surface area contributed by atoms with E-state index >= 15 is 0 Å². The van der Waals surface area contributed by atoms with Crippen LogP contribution in [0.2, 0.25) is 0 Å². The molecule has 0 rings (SSSR count). The zero-order valence-electron chi connectivity index (χ0n) is 5.91. The van der Waals surface area contributed by atoms with Gasteiger partial charge >= 0.3 is 65.0 Å². The van der Waals surface area contributed by atoms with Gasteiger partial charge < -0.3 is 24.8 Å². The molecule has 0 aromatic heterocycles. The van der Waals surface area contributed by atoms with Crippen molar-refractivity contribution in [3.63, 3.8) is 0 Å². The first-order valence-electron chi connectivity index (χ1n) is 0. The molecule has 7 heteroatoms. The van der Waals surface area contributed by atoms with Crippen LogP contribution in [0.3, 0.4) is 0 Å². The summed E-state index contributed by atoms with van der Waals surface area (Å²) in [5.41, 5.74) is 0. The molecule has 0 saturated heterocycles. The first kappa shape index (κ1) is 99.3. The van der Waals surface area contributed by atoms with Crippen molar-refractivity contribution in [2.45, 2.75) is 0 Å². The normalized spacial score (nSPS) is 0. The Labute approximate surface area is 110 Å². The van der Waals surface area contributed by atoms with E-state index < -0.39 is 0 Å². The zero-order valence-corrected chi connectivity index (χ0v) is 13.2. The molecule has 0 spiro atoms. The van der Waals surface area contributed by atoms with Gasteiger partial charge in [0.15, 0.2) is 0 Å². The van der Waals surface area contributed by atoms with Crippen molar-refractivity contribution < 1.29 is 46.5 Å². The van der Waals surface area contributed by atoms with E-state index in [0.29, 0.717) is 0 Å². The molecular weight excluding hydrogens is 359 g/mol. The van der Waals surface area contributed by atoms with Crippen molar-refractivity contribution in [3.05, 3.63) is 0 Å². The zero-order chi connectivity index (χ0) is 0. The summed E-state index contributed by atoms with van der Waals surface area (Å²) < 4.78 is 0. The Balaban J connectivity index is 0. The molecule has 0 aromatic rings. The Morgan fingerprint density at radius 2 is 0.714 bits per heavy atom. The standard InChI is InChI=1S/Ca.4H2O.Pb.Ti.4H/h;4*1H2;;;;;;/q+2;;;;;;;;;2*-1. The summed E-state index contributed by atoms with van der Waals surface area (Å²) in [6.45, 7) is 0. The van der Waals surface area contributed by atoms with Crippen molar-refractivity contribution >= 4 is 65.0 Å². The first-order valence-corrected chi connectivity index (χ1v) is 0. The van der Waals surface area contributed by atoms with Crippen LogP contribution < -0.4 is 0 Å². The molecule has 0 atom stereocenters. The monoisotopic (exact) mass is 372 g/mol. The van der Waals surface area contributed by atoms with Crippen molar-refractivity contribution in [2.24, 2.45) is 0 Å². The molecule has 0 heterocycles. The molecule has 0 saturated carbocycles. The Bertz CT molecular complexity index is 18.5. The Kier molecular flexibility index (Phi) is 990. The fraction of sp³-hybridized carbons (Fsp3) is 0. The fourth-order valence-corrected chi connectivity index (χ4v) is 0. The van der Waals surface area contributed by atoms with Crippen LogP contribution in [0.15, 0.2) is 0 Å². The van der Waals surface area contributed by atoms with E-state index in [2.05, 4.69) is 0 Å². The Morgan fingerprint density at radius 3 is 0.714 bits per heavy atom. The van der Waals surface area contributed by atoms with Gasteiger partial charge in [0.25, 0.3) is 0 Å². The van der Waals surface area contributed by atoms with Crippen LogP contribution in [0, 0.1) is 0 Å². The van der Waals surface area contributed by atoms with Gasteiger partial charge in [0, 0.05) is 21.7 Å². The average Bonchev–Trinajstić information content (AvgIpc) is 0. The van der Waals surface area contributed by atoms with Gasteiger partial charge in [-0.05, 0) is 0 Å². The molecule has 0 aliphatic heterocycles. The maximum atomic E-state index is 0. The molecule has 7 heavy (non-hydrogen) atoms. The van der Waals surface area contributed by atoms with E-state index in [1.165, 1.54) is 0 Å². The second-order valence-electron chi connectivity index (χ2n) is 0. The van der Waals surface area contributed by atoms with E-state index in [1.807, 2.05) is 0 Å². The molecule has 46 valence electrons. The molecule has 4 nitrogen and oxygen atoms in total. The molecule has 2 radical (unpaired) electrons. The molecule has 0 aliphatic rings. The van der Waals surface area contributed by atoms with Gasteiger partial charge in [0.05, 0.1) is 0 Å². The van der Waals surface area contributed by atoms with Gasteiger partial charge in [-0.15, -0.1) is 0 Å². The minimum absolute atomic E-state index is 0. The second kappa shape index (κ2) is 69.8. The number of rotatable bonds is 0. The molecule has 0 aromatic carbocycles. The quantitative estimate of drug-likeness (QED) is 0.382. The topological polar surface area (TPSA) is 126 Å². The average molecular weight is 371 g/mol. The van der Waals surface area contributed by atoms with Crippen molar-refractivity contribution in [2.75, 3.05) is 0 Å². The first-order chi connectivity index (χ1) is 0. The maximum Gasteiger partial charge on any atom is 0 e. The SMILES string of the molecule is O.O.O.O.[Ca+2].[H-].[H-].[PbH2].[Ti]. The van der Waals surface area contributed by atoms with E-state index in [4.69, 9.17) is 0 Å². The van der Waals surface area contributed by atoms with Crippen LogP contribution in [-0.4, -0.2) is 86.9 Å². The van der Waals surface area contributed by atoms with Gasteiger partial charge in [0.1, 0.15) is 0 Å². The van der Waals surface area contributed by atoms with Gasteiger partial charge in [0.2, 0.25) is 0 Å². The van der Waals surface area contributed by atoms with Gasteiger partial charge in [-0.2, -0.15) is 0 Å². The minimum atomic E-state index is 0. The Hall–Kier alpha value is 2.74. The van der Waals surface area contributed by atoms with Crippen molar-refractivity contribution in [1.29, 1.82) is 0 Å². The van der Waals surface area contributed by atoms with Crippen molar-refractivity contribution in [1.82, 2.24) is 0 Å². The molecule has 0 unspecified atom stereocenters. The minimum Gasteiger partial charge on any atom is 0 e. The molecule has 0 bridgehead atoms. The molecule has 0 fully saturated rings. The third-order valence-electron chi connectivity index (χ3n) is 0. The van der Waals surface area contributed by atoms with Crippen molar-refractivity contribution in [3.8, 4) is 0 Å². The summed E-state index contributed by atoms with van der Waals surface area (Å²) >= 11 is 0. The summed E-state index contributed by atoms with van der Waals surface area (Å²) in [7, 11) is 0. The number of hydrogen-bond acceptors (Lipinski definition) is 0. The van der Waals surface area contributed by atoms with E-state index in [9.17, 15) is 0 Å². The second-order valence-corrected chi connectivity index (χ2v) is 0. The van der Waals surface area contributed by atoms with Crippen LogP contribution in [0.25, 0.3) is 0 Å². The summed E-state index contributed by atoms with van der Waals surface area (Å²) in [5.74, 6) is 0. The van der Waals surface area contributed by atoms with E-state index in [-0.39, 0.29) is 112 Å². The van der Waals surface area contributed by atoms with Crippen LogP contribution in [0.4, 0.5) is 0 Å². The third kappa shape index (κ3) is 53.0. The van der Waals surface area contributed by atoms with E-state index in [0.717, 1.165) is 0 Å². The van der Waals surface area contributed by atoms with Gasteiger partial charge in [-0.25, -0.2) is 0 Å². The van der Waals surface area contributed by atoms with Gasteiger partial charge in [-0.3, -0.25) is 0 Å². The predicted molar refractivity (Wildman–Crippen MR) is 31.0 cm³/mol. The smallest absolute Gasteiger partial charge is 0 e. The van der Waals surface area contributed by atoms with Crippen LogP contribution >= 0.6 is 0 Å². The summed E-state index contributed by atoms with van der Waals surface area (Å²) in [6.07, 6.45) is 0. The largest absolute Gasteiger partial charge is 0 e. The van der Waals surface area contributed by atoms with Crippen LogP contribution in [-0.2, 0) is 21.7 Å². The van der Waals surface area contributed by atoms with Crippen LogP contribution in [0.1, 0.15) is 2.85 Å². The molecule has 0 amide bonds. The van der Waals surface area contributed by atoms with E-state index in [1.54, 1.807) is 0 Å². The molecular formula is H12CaO4PbTi. The summed E-state index contributed by atoms with van der Waals surface area (Å²) in [4.78, 5) is 0. The van der Waals surface area contributed by atoms with Crippen LogP contribution in [0.5, 0.6) is 0 Å². The molecule has 8 N–H and O–H groups in total. The third-order valence-corrected chi connectivity index (χ3v) is 0. The summed E-state index contributed by atoms with van der Waals surface area (Å²) in [6, 6.07) is 0. The maximum absolute atomic E-state index is 0. The predicted octanol–water partition coefficient (Wildman–Crippen LogP) is -4.37. The fourth-order valence-electron chi connectivity index (χ4n) is 0. The number of hydrogen-bond donors (Lipinski definition) is 0. The molecule has 0 aliphatic carbocycles. The Morgan fingerprint density at radius 1 is 0.714 bits per heavy atom.